The summed E-state index contributed by atoms with van der Waals surface area (Å²) >= 11 is 5.85. The number of nitro groups is 1. The van der Waals surface area contributed by atoms with Crippen LogP contribution in [0.5, 0.6) is 0 Å². The third-order valence-electron chi connectivity index (χ3n) is 4.09. The van der Waals surface area contributed by atoms with Gasteiger partial charge in [-0.1, -0.05) is 23.7 Å². The normalized spacial score (nSPS) is 14.7. The Kier molecular flexibility index (Phi) is 4.85. The van der Waals surface area contributed by atoms with Crippen molar-refractivity contribution in [2.24, 2.45) is 0 Å². The summed E-state index contributed by atoms with van der Waals surface area (Å²) < 4.78 is 14.1. The molecule has 8 heteroatoms. The van der Waals surface area contributed by atoms with Gasteiger partial charge in [0.1, 0.15) is 0 Å². The lowest BCUT2D eigenvalue weighted by Crippen LogP contribution is -2.50. The number of hydrogen-bond donors (Lipinski definition) is 0. The number of nitro benzene ring substituents is 1. The first kappa shape index (κ1) is 17.2. The molecule has 1 fully saturated rings. The SMILES string of the molecule is O=C1CN(c2ccc([N+](=O)[O-])cc2F)CCN1Cc1ccc(Cl)cc1. The van der Waals surface area contributed by atoms with Crippen LogP contribution in [-0.2, 0) is 11.3 Å². The van der Waals surface area contributed by atoms with Crippen molar-refractivity contribution >= 4 is 28.9 Å². The van der Waals surface area contributed by atoms with Gasteiger partial charge in [0.2, 0.25) is 5.91 Å². The largest absolute Gasteiger partial charge is 0.358 e. The Bertz CT molecular complexity index is 813. The van der Waals surface area contributed by atoms with E-state index in [1.54, 1.807) is 21.9 Å². The van der Waals surface area contributed by atoms with Gasteiger partial charge in [-0.05, 0) is 23.8 Å². The van der Waals surface area contributed by atoms with Gasteiger partial charge in [-0.3, -0.25) is 14.9 Å². The van der Waals surface area contributed by atoms with Crippen LogP contribution in [0.2, 0.25) is 5.02 Å². The Hall–Kier alpha value is -2.67. The first-order chi connectivity index (χ1) is 11.9. The van der Waals surface area contributed by atoms with Crippen LogP contribution < -0.4 is 4.90 Å². The standard InChI is InChI=1S/C17H15ClFN3O3/c18-13-3-1-12(2-4-13)10-21-8-7-20(11-17(21)23)16-6-5-14(22(24)25)9-15(16)19/h1-6,9H,7-8,10-11H2. The highest BCUT2D eigenvalue weighted by atomic mass is 35.5. The fourth-order valence-electron chi connectivity index (χ4n) is 2.76. The fourth-order valence-corrected chi connectivity index (χ4v) is 2.88. The summed E-state index contributed by atoms with van der Waals surface area (Å²) in [5.74, 6) is -0.827. The van der Waals surface area contributed by atoms with E-state index < -0.39 is 10.7 Å². The number of non-ortho nitro benzene ring substituents is 1. The molecule has 2 aromatic rings. The average molecular weight is 364 g/mol. The first-order valence-electron chi connectivity index (χ1n) is 7.65. The van der Waals surface area contributed by atoms with E-state index in [1.807, 2.05) is 12.1 Å². The lowest BCUT2D eigenvalue weighted by molar-refractivity contribution is -0.385. The van der Waals surface area contributed by atoms with Crippen molar-refractivity contribution in [3.05, 3.63) is 69.0 Å². The second-order valence-electron chi connectivity index (χ2n) is 5.76. The molecule has 0 aromatic heterocycles. The maximum absolute atomic E-state index is 14.1. The second-order valence-corrected chi connectivity index (χ2v) is 6.19. The van der Waals surface area contributed by atoms with Gasteiger partial charge in [0.05, 0.1) is 23.2 Å². The van der Waals surface area contributed by atoms with Crippen molar-refractivity contribution in [2.45, 2.75) is 6.54 Å². The van der Waals surface area contributed by atoms with Gasteiger partial charge in [-0.2, -0.15) is 0 Å². The lowest BCUT2D eigenvalue weighted by Gasteiger charge is -2.35. The lowest BCUT2D eigenvalue weighted by atomic mass is 10.1. The van der Waals surface area contributed by atoms with E-state index in [-0.39, 0.29) is 23.8 Å². The molecule has 0 saturated carbocycles. The molecule has 0 atom stereocenters. The molecule has 0 N–H and O–H groups in total. The topological polar surface area (TPSA) is 66.7 Å². The Labute approximate surface area is 148 Å². The number of rotatable bonds is 4. The van der Waals surface area contributed by atoms with Crippen molar-refractivity contribution in [3.8, 4) is 0 Å². The predicted molar refractivity (Wildman–Crippen MR) is 92.1 cm³/mol. The molecule has 6 nitrogen and oxygen atoms in total. The van der Waals surface area contributed by atoms with E-state index in [9.17, 15) is 19.3 Å². The number of halogens is 2. The summed E-state index contributed by atoms with van der Waals surface area (Å²) in [4.78, 5) is 25.7. The van der Waals surface area contributed by atoms with Gasteiger partial charge in [0.15, 0.2) is 5.82 Å². The number of piperazine rings is 1. The fraction of sp³-hybridized carbons (Fsp3) is 0.235. The first-order valence-corrected chi connectivity index (χ1v) is 8.03. The molecule has 1 aliphatic rings. The molecule has 25 heavy (non-hydrogen) atoms. The molecule has 0 bridgehead atoms. The molecule has 0 unspecified atom stereocenters. The Morgan fingerprint density at radius 3 is 2.48 bits per heavy atom. The van der Waals surface area contributed by atoms with Crippen molar-refractivity contribution in [3.63, 3.8) is 0 Å². The smallest absolute Gasteiger partial charge is 0.272 e. The molecule has 0 radical (unpaired) electrons. The van der Waals surface area contributed by atoms with Crippen LogP contribution in [0, 0.1) is 15.9 Å². The third-order valence-corrected chi connectivity index (χ3v) is 4.34. The van der Waals surface area contributed by atoms with Crippen LogP contribution in [-0.4, -0.2) is 35.4 Å². The van der Waals surface area contributed by atoms with Gasteiger partial charge in [0.25, 0.3) is 5.69 Å². The van der Waals surface area contributed by atoms with Crippen LogP contribution in [0.3, 0.4) is 0 Å². The molecule has 1 heterocycles. The summed E-state index contributed by atoms with van der Waals surface area (Å²) in [6.45, 7) is 1.39. The Morgan fingerprint density at radius 2 is 1.88 bits per heavy atom. The summed E-state index contributed by atoms with van der Waals surface area (Å²) in [5.41, 5.74) is 0.853. The maximum atomic E-state index is 14.1. The molecule has 130 valence electrons. The molecule has 0 spiro atoms. The van der Waals surface area contributed by atoms with E-state index in [0.29, 0.717) is 24.7 Å². The predicted octanol–water partition coefficient (Wildman–Crippen LogP) is 3.24. The summed E-state index contributed by atoms with van der Waals surface area (Å²) in [6.07, 6.45) is 0. The molecule has 1 amide bonds. The summed E-state index contributed by atoms with van der Waals surface area (Å²) in [5, 5.41) is 11.3. The summed E-state index contributed by atoms with van der Waals surface area (Å²) in [6, 6.07) is 10.7. The van der Waals surface area contributed by atoms with Gasteiger partial charge in [-0.15, -0.1) is 0 Å². The van der Waals surface area contributed by atoms with Crippen LogP contribution >= 0.6 is 11.6 Å². The Morgan fingerprint density at radius 1 is 1.16 bits per heavy atom. The highest BCUT2D eigenvalue weighted by Gasteiger charge is 2.26. The van der Waals surface area contributed by atoms with Crippen LogP contribution in [0.4, 0.5) is 15.8 Å². The highest BCUT2D eigenvalue weighted by molar-refractivity contribution is 6.30. The van der Waals surface area contributed by atoms with E-state index in [4.69, 9.17) is 11.6 Å². The number of hydrogen-bond acceptors (Lipinski definition) is 4. The van der Waals surface area contributed by atoms with Crippen LogP contribution in [0.25, 0.3) is 0 Å². The van der Waals surface area contributed by atoms with Crippen molar-refractivity contribution in [1.82, 2.24) is 4.90 Å². The van der Waals surface area contributed by atoms with E-state index in [0.717, 1.165) is 11.6 Å². The minimum Gasteiger partial charge on any atom is -0.358 e. The van der Waals surface area contributed by atoms with Gasteiger partial charge in [-0.25, -0.2) is 4.39 Å². The molecular formula is C17H15ClFN3O3. The minimum atomic E-state index is -0.701. The minimum absolute atomic E-state index is 0.0301. The molecule has 1 saturated heterocycles. The van der Waals surface area contributed by atoms with Gasteiger partial charge < -0.3 is 9.80 Å². The van der Waals surface area contributed by atoms with E-state index in [1.165, 1.54) is 12.1 Å². The van der Waals surface area contributed by atoms with Crippen molar-refractivity contribution in [1.29, 1.82) is 0 Å². The molecular weight excluding hydrogens is 349 g/mol. The zero-order chi connectivity index (χ0) is 18.0. The number of carbonyl (C=O) groups excluding carboxylic acids is 1. The van der Waals surface area contributed by atoms with Gasteiger partial charge in [0, 0.05) is 30.7 Å². The highest BCUT2D eigenvalue weighted by Crippen LogP contribution is 2.25. The number of amides is 1. The molecule has 2 aromatic carbocycles. The third kappa shape index (κ3) is 3.88. The zero-order valence-electron chi connectivity index (χ0n) is 13.2. The summed E-state index contributed by atoms with van der Waals surface area (Å²) in [7, 11) is 0. The van der Waals surface area contributed by atoms with Crippen molar-refractivity contribution < 1.29 is 14.1 Å². The Balaban J connectivity index is 1.68. The van der Waals surface area contributed by atoms with E-state index >= 15 is 0 Å². The second kappa shape index (κ2) is 7.06. The average Bonchev–Trinajstić information content (AvgIpc) is 2.58. The van der Waals surface area contributed by atoms with Crippen LogP contribution in [0.1, 0.15) is 5.56 Å². The molecule has 3 rings (SSSR count). The van der Waals surface area contributed by atoms with E-state index in [2.05, 4.69) is 0 Å². The monoisotopic (exact) mass is 363 g/mol. The van der Waals surface area contributed by atoms with Crippen LogP contribution in [0.15, 0.2) is 42.5 Å². The number of anilines is 1. The number of carbonyl (C=O) groups is 1. The molecule has 0 aliphatic carbocycles. The molecule has 1 aliphatic heterocycles. The zero-order valence-corrected chi connectivity index (χ0v) is 13.9. The maximum Gasteiger partial charge on any atom is 0.272 e. The van der Waals surface area contributed by atoms with Gasteiger partial charge >= 0.3 is 0 Å². The quantitative estimate of drug-likeness (QED) is 0.618. The number of nitrogens with zero attached hydrogens (tertiary/aromatic N) is 3. The number of benzene rings is 2. The van der Waals surface area contributed by atoms with Crippen molar-refractivity contribution in [2.75, 3.05) is 24.5 Å².